The first-order valence-electron chi connectivity index (χ1n) is 6.96. The standard InChI is InChI=1S/C15H17N3O3S/c1-10-15(11(2)18-17-10)22(19,20)16-8-7-13-9-12-5-3-4-6-14(12)21-13/h3-6,9,16H,7-8H2,1-2H3,(H,17,18). The molecule has 1 aromatic carbocycles. The number of nitrogens with zero attached hydrogens (tertiary/aromatic N) is 1. The van der Waals surface area contributed by atoms with E-state index in [0.29, 0.717) is 17.8 Å². The smallest absolute Gasteiger partial charge is 0.244 e. The molecule has 0 amide bonds. The van der Waals surface area contributed by atoms with Crippen LogP contribution in [0.25, 0.3) is 11.0 Å². The Balaban J connectivity index is 1.70. The summed E-state index contributed by atoms with van der Waals surface area (Å²) in [4.78, 5) is 0.220. The first kappa shape index (κ1) is 14.8. The van der Waals surface area contributed by atoms with E-state index in [-0.39, 0.29) is 11.4 Å². The molecular weight excluding hydrogens is 302 g/mol. The van der Waals surface area contributed by atoms with Crippen molar-refractivity contribution in [2.75, 3.05) is 6.54 Å². The highest BCUT2D eigenvalue weighted by molar-refractivity contribution is 7.89. The van der Waals surface area contributed by atoms with Gasteiger partial charge in [-0.05, 0) is 26.0 Å². The van der Waals surface area contributed by atoms with Crippen LogP contribution in [0.3, 0.4) is 0 Å². The van der Waals surface area contributed by atoms with Crippen molar-refractivity contribution in [2.45, 2.75) is 25.2 Å². The van der Waals surface area contributed by atoms with Gasteiger partial charge in [-0.25, -0.2) is 13.1 Å². The Kier molecular flexibility index (Phi) is 3.76. The van der Waals surface area contributed by atoms with Gasteiger partial charge in [0, 0.05) is 18.4 Å². The summed E-state index contributed by atoms with van der Waals surface area (Å²) < 4.78 is 32.8. The number of para-hydroxylation sites is 1. The highest BCUT2D eigenvalue weighted by atomic mass is 32.2. The minimum absolute atomic E-state index is 0.220. The molecule has 3 aromatic rings. The second-order valence-corrected chi connectivity index (χ2v) is 6.87. The lowest BCUT2D eigenvalue weighted by molar-refractivity contribution is 0.540. The van der Waals surface area contributed by atoms with Gasteiger partial charge in [-0.2, -0.15) is 5.10 Å². The zero-order valence-corrected chi connectivity index (χ0v) is 13.2. The van der Waals surface area contributed by atoms with Gasteiger partial charge in [-0.1, -0.05) is 18.2 Å². The number of hydrogen-bond donors (Lipinski definition) is 2. The third-order valence-corrected chi connectivity index (χ3v) is 5.19. The molecule has 7 heteroatoms. The number of H-pyrrole nitrogens is 1. The van der Waals surface area contributed by atoms with Crippen LogP contribution in [0.4, 0.5) is 0 Å². The Labute approximate surface area is 128 Å². The van der Waals surface area contributed by atoms with Crippen molar-refractivity contribution in [3.63, 3.8) is 0 Å². The molecular formula is C15H17N3O3S. The summed E-state index contributed by atoms with van der Waals surface area (Å²) in [7, 11) is -3.56. The predicted molar refractivity (Wildman–Crippen MR) is 83.2 cm³/mol. The van der Waals surface area contributed by atoms with Crippen molar-refractivity contribution in [3.8, 4) is 0 Å². The number of hydrogen-bond acceptors (Lipinski definition) is 4. The van der Waals surface area contributed by atoms with E-state index in [4.69, 9.17) is 4.42 Å². The van der Waals surface area contributed by atoms with E-state index in [1.165, 1.54) is 0 Å². The number of sulfonamides is 1. The Morgan fingerprint density at radius 3 is 2.73 bits per heavy atom. The van der Waals surface area contributed by atoms with Crippen LogP contribution >= 0.6 is 0 Å². The molecule has 0 saturated carbocycles. The number of furan rings is 1. The second kappa shape index (κ2) is 5.58. The first-order chi connectivity index (χ1) is 10.5. The third-order valence-electron chi connectivity index (χ3n) is 3.47. The third kappa shape index (κ3) is 2.77. The molecule has 0 aliphatic carbocycles. The Hall–Kier alpha value is -2.12. The second-order valence-electron chi connectivity index (χ2n) is 5.16. The molecule has 0 bridgehead atoms. The van der Waals surface area contributed by atoms with Crippen LogP contribution in [0.2, 0.25) is 0 Å². The van der Waals surface area contributed by atoms with E-state index in [9.17, 15) is 8.42 Å². The highest BCUT2D eigenvalue weighted by Gasteiger charge is 2.21. The minimum Gasteiger partial charge on any atom is -0.461 e. The number of nitrogens with one attached hydrogen (secondary N) is 2. The van der Waals surface area contributed by atoms with E-state index in [2.05, 4.69) is 14.9 Å². The maximum Gasteiger partial charge on any atom is 0.244 e. The van der Waals surface area contributed by atoms with E-state index < -0.39 is 10.0 Å². The number of aromatic amines is 1. The quantitative estimate of drug-likeness (QED) is 0.755. The topological polar surface area (TPSA) is 88.0 Å². The van der Waals surface area contributed by atoms with Crippen LogP contribution in [0.1, 0.15) is 17.1 Å². The van der Waals surface area contributed by atoms with E-state index in [1.54, 1.807) is 13.8 Å². The fourth-order valence-electron chi connectivity index (χ4n) is 2.48. The van der Waals surface area contributed by atoms with Gasteiger partial charge in [-0.3, -0.25) is 5.10 Å². The molecule has 0 aliphatic rings. The van der Waals surface area contributed by atoms with Gasteiger partial charge in [0.15, 0.2) is 0 Å². The molecule has 0 radical (unpaired) electrons. The lowest BCUT2D eigenvalue weighted by Gasteiger charge is -2.05. The summed E-state index contributed by atoms with van der Waals surface area (Å²) in [6.07, 6.45) is 0.490. The summed E-state index contributed by atoms with van der Waals surface area (Å²) in [5.74, 6) is 0.754. The van der Waals surface area contributed by atoms with Gasteiger partial charge in [0.05, 0.1) is 11.4 Å². The van der Waals surface area contributed by atoms with Crippen molar-refractivity contribution >= 4 is 21.0 Å². The van der Waals surface area contributed by atoms with Gasteiger partial charge < -0.3 is 4.42 Å². The monoisotopic (exact) mass is 319 g/mol. The summed E-state index contributed by atoms with van der Waals surface area (Å²) >= 11 is 0. The van der Waals surface area contributed by atoms with Gasteiger partial charge in [0.1, 0.15) is 16.2 Å². The SMILES string of the molecule is Cc1n[nH]c(C)c1S(=O)(=O)NCCc1cc2ccccc2o1. The summed E-state index contributed by atoms with van der Waals surface area (Å²) in [6.45, 7) is 3.62. The molecule has 2 aromatic heterocycles. The normalized spacial score (nSPS) is 12.1. The number of fused-ring (bicyclic) bond motifs is 1. The van der Waals surface area contributed by atoms with E-state index in [0.717, 1.165) is 16.7 Å². The molecule has 0 saturated heterocycles. The van der Waals surface area contributed by atoms with Crippen LogP contribution in [0.15, 0.2) is 39.6 Å². The maximum absolute atomic E-state index is 12.3. The molecule has 2 N–H and O–H groups in total. The lowest BCUT2D eigenvalue weighted by atomic mass is 10.2. The Bertz CT molecular complexity index is 857. The molecule has 0 spiro atoms. The molecule has 0 atom stereocenters. The zero-order chi connectivity index (χ0) is 15.7. The maximum atomic E-state index is 12.3. The fraction of sp³-hybridized carbons (Fsp3) is 0.267. The van der Waals surface area contributed by atoms with Crippen molar-refractivity contribution in [1.29, 1.82) is 0 Å². The molecule has 3 rings (SSSR count). The van der Waals surface area contributed by atoms with Crippen LogP contribution in [0, 0.1) is 13.8 Å². The largest absolute Gasteiger partial charge is 0.461 e. The van der Waals surface area contributed by atoms with E-state index >= 15 is 0 Å². The minimum atomic E-state index is -3.56. The summed E-state index contributed by atoms with van der Waals surface area (Å²) in [5.41, 5.74) is 1.81. The fourth-order valence-corrected chi connectivity index (χ4v) is 3.88. The molecule has 6 nitrogen and oxygen atoms in total. The molecule has 116 valence electrons. The first-order valence-corrected chi connectivity index (χ1v) is 8.44. The van der Waals surface area contributed by atoms with Crippen LogP contribution in [-0.2, 0) is 16.4 Å². The van der Waals surface area contributed by atoms with Gasteiger partial charge in [0.25, 0.3) is 0 Å². The summed E-state index contributed by atoms with van der Waals surface area (Å²) in [5, 5.41) is 7.61. The van der Waals surface area contributed by atoms with Crippen molar-refractivity contribution in [1.82, 2.24) is 14.9 Å². The number of aromatic nitrogens is 2. The average molecular weight is 319 g/mol. The van der Waals surface area contributed by atoms with Crippen molar-refractivity contribution < 1.29 is 12.8 Å². The lowest BCUT2D eigenvalue weighted by Crippen LogP contribution is -2.26. The van der Waals surface area contributed by atoms with Gasteiger partial charge >= 0.3 is 0 Å². The van der Waals surface area contributed by atoms with Crippen molar-refractivity contribution in [2.24, 2.45) is 0 Å². The molecule has 0 aliphatic heterocycles. The Morgan fingerprint density at radius 1 is 1.27 bits per heavy atom. The molecule has 2 heterocycles. The predicted octanol–water partition coefficient (Wildman–Crippen LogP) is 2.29. The zero-order valence-electron chi connectivity index (χ0n) is 12.4. The number of benzene rings is 1. The Morgan fingerprint density at radius 2 is 2.05 bits per heavy atom. The van der Waals surface area contributed by atoms with Crippen molar-refractivity contribution in [3.05, 3.63) is 47.5 Å². The summed E-state index contributed by atoms with van der Waals surface area (Å²) in [6, 6.07) is 9.63. The van der Waals surface area contributed by atoms with E-state index in [1.807, 2.05) is 30.3 Å². The number of rotatable bonds is 5. The molecule has 0 unspecified atom stereocenters. The van der Waals surface area contributed by atoms with Gasteiger partial charge in [0.2, 0.25) is 10.0 Å². The average Bonchev–Trinajstić information content (AvgIpc) is 3.01. The molecule has 0 fully saturated rings. The van der Waals surface area contributed by atoms with Crippen LogP contribution < -0.4 is 4.72 Å². The van der Waals surface area contributed by atoms with Crippen LogP contribution in [-0.4, -0.2) is 25.2 Å². The van der Waals surface area contributed by atoms with Crippen LogP contribution in [0.5, 0.6) is 0 Å². The van der Waals surface area contributed by atoms with Gasteiger partial charge in [-0.15, -0.1) is 0 Å². The molecule has 22 heavy (non-hydrogen) atoms. The number of aryl methyl sites for hydroxylation is 2. The highest BCUT2D eigenvalue weighted by Crippen LogP contribution is 2.19.